The van der Waals surface area contributed by atoms with Crippen LogP contribution in [0.4, 0.5) is 0 Å². The second-order valence-corrected chi connectivity index (χ2v) is 6.33. The molecule has 5 unspecified atom stereocenters. The molecule has 0 spiro atoms. The number of aliphatic hydroxyl groups excluding tert-OH is 1. The van der Waals surface area contributed by atoms with Gasteiger partial charge in [0.25, 0.3) is 0 Å². The molecule has 0 radical (unpaired) electrons. The maximum Gasteiger partial charge on any atom is 0.328 e. The van der Waals surface area contributed by atoms with Crippen molar-refractivity contribution in [2.45, 2.75) is 70.7 Å². The van der Waals surface area contributed by atoms with Crippen molar-refractivity contribution in [1.82, 2.24) is 10.6 Å². The highest BCUT2D eigenvalue weighted by molar-refractivity contribution is 5.92. The molecule has 0 aliphatic carbocycles. The van der Waals surface area contributed by atoms with Gasteiger partial charge in [0.15, 0.2) is 6.04 Å². The zero-order valence-electron chi connectivity index (χ0n) is 15.2. The van der Waals surface area contributed by atoms with E-state index in [0.717, 1.165) is 6.42 Å². The summed E-state index contributed by atoms with van der Waals surface area (Å²) >= 11 is 0. The Hall–Kier alpha value is -1.71. The van der Waals surface area contributed by atoms with E-state index in [9.17, 15) is 19.5 Å². The maximum absolute atomic E-state index is 12.4. The summed E-state index contributed by atoms with van der Waals surface area (Å²) in [6.07, 6.45) is 1.23. The molecule has 5 atom stereocenters. The number of carboxylic acid groups (broad SMARTS) is 1. The van der Waals surface area contributed by atoms with Gasteiger partial charge in [-0.05, 0) is 32.2 Å². The SMILES string of the molecule is CCC(C)C(NC(=O)C(N)CCCCN)C(=O)NC(C(=O)O)C(C)O. The van der Waals surface area contributed by atoms with Gasteiger partial charge in [-0.3, -0.25) is 9.59 Å². The Morgan fingerprint density at radius 3 is 2.04 bits per heavy atom. The van der Waals surface area contributed by atoms with Gasteiger partial charge in [0.2, 0.25) is 11.8 Å². The minimum absolute atomic E-state index is 0.233. The Morgan fingerprint density at radius 1 is 1.04 bits per heavy atom. The van der Waals surface area contributed by atoms with E-state index in [4.69, 9.17) is 16.6 Å². The topological polar surface area (TPSA) is 168 Å². The predicted octanol–water partition coefficient (Wildman–Crippen LogP) is -1.08. The second kappa shape index (κ2) is 11.8. The molecule has 9 nitrogen and oxygen atoms in total. The van der Waals surface area contributed by atoms with E-state index in [1.807, 2.05) is 6.92 Å². The molecular weight excluding hydrogens is 328 g/mol. The lowest BCUT2D eigenvalue weighted by Gasteiger charge is -2.27. The van der Waals surface area contributed by atoms with Gasteiger partial charge in [-0.25, -0.2) is 4.79 Å². The third-order valence-corrected chi connectivity index (χ3v) is 4.15. The number of aliphatic hydroxyl groups is 1. The Balaban J connectivity index is 4.97. The van der Waals surface area contributed by atoms with Gasteiger partial charge in [-0.15, -0.1) is 0 Å². The number of nitrogens with one attached hydrogen (secondary N) is 2. The van der Waals surface area contributed by atoms with Gasteiger partial charge in [0.1, 0.15) is 6.04 Å². The van der Waals surface area contributed by atoms with E-state index < -0.39 is 42.0 Å². The zero-order chi connectivity index (χ0) is 19.6. The minimum Gasteiger partial charge on any atom is -0.480 e. The summed E-state index contributed by atoms with van der Waals surface area (Å²) in [4.78, 5) is 35.8. The lowest BCUT2D eigenvalue weighted by molar-refractivity contribution is -0.145. The number of carbonyl (C=O) groups is 3. The summed E-state index contributed by atoms with van der Waals surface area (Å²) in [7, 11) is 0. The van der Waals surface area contributed by atoms with E-state index in [1.165, 1.54) is 6.92 Å². The van der Waals surface area contributed by atoms with E-state index in [0.29, 0.717) is 25.8 Å². The summed E-state index contributed by atoms with van der Waals surface area (Å²) in [6.45, 7) is 5.40. The van der Waals surface area contributed by atoms with Crippen molar-refractivity contribution in [3.05, 3.63) is 0 Å². The molecular formula is C16H32N4O5. The fourth-order valence-corrected chi connectivity index (χ4v) is 2.23. The average Bonchev–Trinajstić information content (AvgIpc) is 2.55. The molecule has 8 N–H and O–H groups in total. The number of carbonyl (C=O) groups excluding carboxylic acids is 2. The van der Waals surface area contributed by atoms with Crippen LogP contribution in [0.25, 0.3) is 0 Å². The molecule has 0 aliphatic rings. The first-order valence-corrected chi connectivity index (χ1v) is 8.62. The Morgan fingerprint density at radius 2 is 1.60 bits per heavy atom. The van der Waals surface area contributed by atoms with Gasteiger partial charge in [0, 0.05) is 0 Å². The first-order valence-electron chi connectivity index (χ1n) is 8.62. The largest absolute Gasteiger partial charge is 0.480 e. The van der Waals surface area contributed by atoms with Crippen molar-refractivity contribution in [2.75, 3.05) is 6.54 Å². The highest BCUT2D eigenvalue weighted by Crippen LogP contribution is 2.10. The third kappa shape index (κ3) is 8.28. The molecule has 0 aliphatic heterocycles. The van der Waals surface area contributed by atoms with Crippen LogP contribution >= 0.6 is 0 Å². The van der Waals surface area contributed by atoms with E-state index in [-0.39, 0.29) is 5.92 Å². The number of rotatable bonds is 12. The molecule has 0 fully saturated rings. The van der Waals surface area contributed by atoms with Crippen LogP contribution in [-0.2, 0) is 14.4 Å². The average molecular weight is 360 g/mol. The smallest absolute Gasteiger partial charge is 0.328 e. The Bertz CT molecular complexity index is 444. The summed E-state index contributed by atoms with van der Waals surface area (Å²) in [5, 5.41) is 23.4. The molecule has 146 valence electrons. The lowest BCUT2D eigenvalue weighted by atomic mass is 9.97. The molecule has 9 heteroatoms. The van der Waals surface area contributed by atoms with Gasteiger partial charge < -0.3 is 32.3 Å². The van der Waals surface area contributed by atoms with Crippen LogP contribution in [0.2, 0.25) is 0 Å². The monoisotopic (exact) mass is 360 g/mol. The van der Waals surface area contributed by atoms with Gasteiger partial charge in [0.05, 0.1) is 12.1 Å². The lowest BCUT2D eigenvalue weighted by Crippen LogP contribution is -2.58. The normalized spacial score (nSPS) is 17.0. The van der Waals surface area contributed by atoms with Crippen LogP contribution in [0.1, 0.15) is 46.5 Å². The predicted molar refractivity (Wildman–Crippen MR) is 93.5 cm³/mol. The number of hydrogen-bond acceptors (Lipinski definition) is 6. The molecule has 0 aromatic rings. The second-order valence-electron chi connectivity index (χ2n) is 6.33. The van der Waals surface area contributed by atoms with E-state index >= 15 is 0 Å². The minimum atomic E-state index is -1.45. The van der Waals surface area contributed by atoms with Crippen LogP contribution < -0.4 is 22.1 Å². The molecule has 0 bridgehead atoms. The molecule has 0 saturated carbocycles. The first-order chi connectivity index (χ1) is 11.6. The van der Waals surface area contributed by atoms with E-state index in [1.54, 1.807) is 6.92 Å². The number of aliphatic carboxylic acids is 1. The van der Waals surface area contributed by atoms with Crippen LogP contribution in [0.15, 0.2) is 0 Å². The van der Waals surface area contributed by atoms with Crippen molar-refractivity contribution in [2.24, 2.45) is 17.4 Å². The fourth-order valence-electron chi connectivity index (χ4n) is 2.23. The first kappa shape index (κ1) is 23.3. The standard InChI is InChI=1S/C16H32N4O5/c1-4-9(2)12(15(23)20-13(10(3)21)16(24)25)19-14(22)11(18)7-5-6-8-17/h9-13,21H,4-8,17-18H2,1-3H3,(H,19,22)(H,20,23)(H,24,25). The fraction of sp³-hybridized carbons (Fsp3) is 0.812. The van der Waals surface area contributed by atoms with Crippen LogP contribution in [-0.4, -0.2) is 58.8 Å². The third-order valence-electron chi connectivity index (χ3n) is 4.15. The molecule has 0 aromatic carbocycles. The van der Waals surface area contributed by atoms with Crippen LogP contribution in [0.5, 0.6) is 0 Å². The maximum atomic E-state index is 12.4. The molecule has 0 rings (SSSR count). The van der Waals surface area contributed by atoms with Crippen molar-refractivity contribution < 1.29 is 24.6 Å². The van der Waals surface area contributed by atoms with Crippen molar-refractivity contribution in [3.63, 3.8) is 0 Å². The van der Waals surface area contributed by atoms with Crippen molar-refractivity contribution in [3.8, 4) is 0 Å². The molecule has 2 amide bonds. The van der Waals surface area contributed by atoms with Crippen molar-refractivity contribution >= 4 is 17.8 Å². The highest BCUT2D eigenvalue weighted by Gasteiger charge is 2.32. The molecule has 0 aromatic heterocycles. The number of amides is 2. The van der Waals surface area contributed by atoms with E-state index in [2.05, 4.69) is 10.6 Å². The highest BCUT2D eigenvalue weighted by atomic mass is 16.4. The van der Waals surface area contributed by atoms with Crippen LogP contribution in [0.3, 0.4) is 0 Å². The van der Waals surface area contributed by atoms with Gasteiger partial charge >= 0.3 is 5.97 Å². The molecule has 0 saturated heterocycles. The number of carboxylic acids is 1. The zero-order valence-corrected chi connectivity index (χ0v) is 15.2. The van der Waals surface area contributed by atoms with Gasteiger partial charge in [-0.2, -0.15) is 0 Å². The summed E-state index contributed by atoms with van der Waals surface area (Å²) in [5.74, 6) is -2.72. The van der Waals surface area contributed by atoms with Crippen LogP contribution in [0, 0.1) is 5.92 Å². The molecule has 25 heavy (non-hydrogen) atoms. The Kier molecular flexibility index (Phi) is 11.0. The number of nitrogens with two attached hydrogens (primary N) is 2. The number of unbranched alkanes of at least 4 members (excludes halogenated alkanes) is 1. The van der Waals surface area contributed by atoms with Crippen molar-refractivity contribution in [1.29, 1.82) is 0 Å². The summed E-state index contributed by atoms with van der Waals surface area (Å²) in [5.41, 5.74) is 11.2. The number of hydrogen-bond donors (Lipinski definition) is 6. The summed E-state index contributed by atoms with van der Waals surface area (Å²) < 4.78 is 0. The Labute approximate surface area is 148 Å². The van der Waals surface area contributed by atoms with Gasteiger partial charge in [-0.1, -0.05) is 26.7 Å². The molecule has 0 heterocycles. The quantitative estimate of drug-likeness (QED) is 0.241. The summed E-state index contributed by atoms with van der Waals surface area (Å²) in [6, 6.07) is -3.15.